The third-order valence-electron chi connectivity index (χ3n) is 4.59. The van der Waals surface area contributed by atoms with Crippen LogP contribution in [-0.2, 0) is 23.4 Å². The fourth-order valence-corrected chi connectivity index (χ4v) is 3.07. The van der Waals surface area contributed by atoms with E-state index in [9.17, 15) is 15.0 Å². The third kappa shape index (κ3) is 4.98. The van der Waals surface area contributed by atoms with Gasteiger partial charge >= 0.3 is 5.97 Å². The van der Waals surface area contributed by atoms with Crippen LogP contribution >= 0.6 is 0 Å². The smallest absolute Gasteiger partial charge is 0.303 e. The minimum absolute atomic E-state index is 0.0200. The van der Waals surface area contributed by atoms with Crippen molar-refractivity contribution in [2.24, 2.45) is 0 Å². The predicted octanol–water partition coefficient (Wildman–Crippen LogP) is 1.03. The summed E-state index contributed by atoms with van der Waals surface area (Å²) in [7, 11) is -0.629. The van der Waals surface area contributed by atoms with E-state index in [1.807, 2.05) is 0 Å². The molecule has 1 aliphatic heterocycles. The van der Waals surface area contributed by atoms with Crippen LogP contribution in [0.15, 0.2) is 0 Å². The van der Waals surface area contributed by atoms with E-state index in [1.165, 1.54) is 14.0 Å². The number of rotatable bonds is 5. The topological polar surface area (TPSA) is 94.5 Å². The number of aliphatic hydroxyl groups excluding tert-OH is 2. The van der Waals surface area contributed by atoms with Crippen molar-refractivity contribution in [3.8, 4) is 0 Å². The zero-order valence-corrected chi connectivity index (χ0v) is 16.0. The second kappa shape index (κ2) is 7.58. The lowest BCUT2D eigenvalue weighted by molar-refractivity contribution is -0.296. The van der Waals surface area contributed by atoms with Crippen molar-refractivity contribution in [3.63, 3.8) is 0 Å². The van der Waals surface area contributed by atoms with E-state index in [0.29, 0.717) is 0 Å². The molecule has 5 atom stereocenters. The van der Waals surface area contributed by atoms with Crippen LogP contribution in [0.25, 0.3) is 0 Å². The molecule has 0 bridgehead atoms. The van der Waals surface area contributed by atoms with E-state index in [4.69, 9.17) is 18.6 Å². The molecular weight excluding hydrogens is 320 g/mol. The van der Waals surface area contributed by atoms with Crippen molar-refractivity contribution in [1.82, 2.24) is 0 Å². The van der Waals surface area contributed by atoms with Crippen molar-refractivity contribution >= 4 is 14.3 Å². The molecule has 1 fully saturated rings. The highest BCUT2D eigenvalue weighted by molar-refractivity contribution is 6.74. The van der Waals surface area contributed by atoms with E-state index in [2.05, 4.69) is 33.9 Å². The summed E-state index contributed by atoms with van der Waals surface area (Å²) in [6.45, 7) is 11.9. The number of hydrogen-bond donors (Lipinski definition) is 2. The molecule has 8 heteroatoms. The first-order valence-corrected chi connectivity index (χ1v) is 10.7. The second-order valence-corrected chi connectivity index (χ2v) is 12.2. The van der Waals surface area contributed by atoms with Gasteiger partial charge in [-0.05, 0) is 18.1 Å². The fourth-order valence-electron chi connectivity index (χ4n) is 2.06. The molecule has 0 aromatic rings. The van der Waals surface area contributed by atoms with Gasteiger partial charge in [-0.3, -0.25) is 4.79 Å². The first-order valence-electron chi connectivity index (χ1n) is 7.76. The highest BCUT2D eigenvalue weighted by Crippen LogP contribution is 2.37. The standard InChI is InChI=1S/C15H30O7Si/c1-9(16)21-13-12(18)11(17)10(22-14(13)19-5)8-20-23(6,7)15(2,3)4/h10-14,17-18H,8H2,1-7H3/t10-,11-,12+,13+,14+/m1/s1. The number of carbonyl (C=O) groups is 1. The second-order valence-electron chi connectivity index (χ2n) is 7.41. The summed E-state index contributed by atoms with van der Waals surface area (Å²) in [5, 5.41) is 20.5. The van der Waals surface area contributed by atoms with Crippen LogP contribution in [0, 0.1) is 0 Å². The van der Waals surface area contributed by atoms with Gasteiger partial charge in [-0.1, -0.05) is 20.8 Å². The molecule has 0 radical (unpaired) electrons. The lowest BCUT2D eigenvalue weighted by atomic mass is 9.99. The highest BCUT2D eigenvalue weighted by atomic mass is 28.4. The quantitative estimate of drug-likeness (QED) is 0.565. The Balaban J connectivity index is 2.77. The Morgan fingerprint density at radius 2 is 1.78 bits per heavy atom. The highest BCUT2D eigenvalue weighted by Gasteiger charge is 2.48. The van der Waals surface area contributed by atoms with Crippen LogP contribution < -0.4 is 0 Å². The average Bonchev–Trinajstić information content (AvgIpc) is 2.41. The molecule has 0 unspecified atom stereocenters. The Bertz CT molecular complexity index is 405. The molecule has 0 aliphatic carbocycles. The Kier molecular flexibility index (Phi) is 6.77. The van der Waals surface area contributed by atoms with Gasteiger partial charge in [0, 0.05) is 14.0 Å². The molecule has 0 spiro atoms. The first-order chi connectivity index (χ1) is 10.4. The Morgan fingerprint density at radius 3 is 2.22 bits per heavy atom. The summed E-state index contributed by atoms with van der Waals surface area (Å²) < 4.78 is 21.8. The van der Waals surface area contributed by atoms with Crippen molar-refractivity contribution in [3.05, 3.63) is 0 Å². The monoisotopic (exact) mass is 350 g/mol. The van der Waals surface area contributed by atoms with Gasteiger partial charge in [-0.25, -0.2) is 0 Å². The molecule has 1 saturated heterocycles. The molecule has 1 heterocycles. The number of esters is 1. The molecule has 23 heavy (non-hydrogen) atoms. The summed E-state index contributed by atoms with van der Waals surface area (Å²) in [5.41, 5.74) is 0. The number of hydrogen-bond acceptors (Lipinski definition) is 7. The molecule has 0 aromatic heterocycles. The van der Waals surface area contributed by atoms with Crippen molar-refractivity contribution in [2.75, 3.05) is 13.7 Å². The van der Waals surface area contributed by atoms with Crippen molar-refractivity contribution < 1.29 is 33.6 Å². The van der Waals surface area contributed by atoms with Gasteiger partial charge in [0.25, 0.3) is 0 Å². The van der Waals surface area contributed by atoms with Gasteiger partial charge < -0.3 is 28.8 Å². The zero-order valence-electron chi connectivity index (χ0n) is 15.0. The van der Waals surface area contributed by atoms with E-state index in [-0.39, 0.29) is 11.6 Å². The minimum Gasteiger partial charge on any atom is -0.454 e. The van der Waals surface area contributed by atoms with Crippen molar-refractivity contribution in [2.45, 2.75) is 76.5 Å². The van der Waals surface area contributed by atoms with E-state index >= 15 is 0 Å². The molecule has 0 saturated carbocycles. The van der Waals surface area contributed by atoms with Gasteiger partial charge in [0.05, 0.1) is 6.61 Å². The van der Waals surface area contributed by atoms with Crippen LogP contribution in [0.4, 0.5) is 0 Å². The molecule has 0 amide bonds. The molecule has 0 aromatic carbocycles. The minimum atomic E-state index is -2.01. The largest absolute Gasteiger partial charge is 0.454 e. The van der Waals surface area contributed by atoms with Gasteiger partial charge in [-0.2, -0.15) is 0 Å². The maximum absolute atomic E-state index is 11.1. The van der Waals surface area contributed by atoms with Crippen LogP contribution in [0.3, 0.4) is 0 Å². The molecule has 1 rings (SSSR count). The summed E-state index contributed by atoms with van der Waals surface area (Å²) in [6, 6.07) is 0. The molecule has 7 nitrogen and oxygen atoms in total. The first kappa shape index (κ1) is 20.5. The van der Waals surface area contributed by atoms with Crippen LogP contribution in [0.2, 0.25) is 18.1 Å². The molecule has 2 N–H and O–H groups in total. The Hall–Kier alpha value is -0.513. The van der Waals surface area contributed by atoms with Crippen molar-refractivity contribution in [1.29, 1.82) is 0 Å². The zero-order chi connectivity index (χ0) is 18.0. The number of ether oxygens (including phenoxy) is 3. The molecular formula is C15H30O7Si. The summed E-state index contributed by atoms with van der Waals surface area (Å²) >= 11 is 0. The normalized spacial score (nSPS) is 32.7. The number of aliphatic hydroxyl groups is 2. The number of carbonyl (C=O) groups excluding carboxylic acids is 1. The van der Waals surface area contributed by atoms with Gasteiger partial charge in [0.2, 0.25) is 0 Å². The maximum atomic E-state index is 11.1. The SMILES string of the molecule is CO[C@H]1O[C@H](CO[Si](C)(C)C(C)(C)C)[C@@H](O)[C@H](O)[C@@H]1OC(C)=O. The fraction of sp³-hybridized carbons (Fsp3) is 0.933. The van der Waals surface area contributed by atoms with Gasteiger partial charge in [0.1, 0.15) is 18.3 Å². The van der Waals surface area contributed by atoms with Crippen LogP contribution in [0.5, 0.6) is 0 Å². The third-order valence-corrected chi connectivity index (χ3v) is 9.09. The van der Waals surface area contributed by atoms with Gasteiger partial charge in [-0.15, -0.1) is 0 Å². The lowest BCUT2D eigenvalue weighted by Crippen LogP contribution is -2.61. The molecule has 1 aliphatic rings. The predicted molar refractivity (Wildman–Crippen MR) is 86.4 cm³/mol. The van der Waals surface area contributed by atoms with E-state index < -0.39 is 45.0 Å². The number of methoxy groups -OCH3 is 1. The summed E-state index contributed by atoms with van der Waals surface area (Å²) in [5.74, 6) is -0.581. The molecule has 136 valence electrons. The summed E-state index contributed by atoms with van der Waals surface area (Å²) in [4.78, 5) is 11.1. The maximum Gasteiger partial charge on any atom is 0.303 e. The summed E-state index contributed by atoms with van der Waals surface area (Å²) in [6.07, 6.45) is -5.31. The lowest BCUT2D eigenvalue weighted by Gasteiger charge is -2.43. The van der Waals surface area contributed by atoms with Gasteiger partial charge in [0.15, 0.2) is 20.7 Å². The van der Waals surface area contributed by atoms with Crippen LogP contribution in [0.1, 0.15) is 27.7 Å². The Morgan fingerprint density at radius 1 is 1.22 bits per heavy atom. The van der Waals surface area contributed by atoms with E-state index in [1.54, 1.807) is 0 Å². The average molecular weight is 350 g/mol. The Labute approximate surface area is 139 Å². The van der Waals surface area contributed by atoms with Crippen LogP contribution in [-0.4, -0.2) is 68.9 Å². The van der Waals surface area contributed by atoms with E-state index in [0.717, 1.165) is 0 Å².